The Kier molecular flexibility index (Phi) is 9.89. The third-order valence-corrected chi connectivity index (χ3v) is 9.71. The molecule has 0 radical (unpaired) electrons. The van der Waals surface area contributed by atoms with Gasteiger partial charge in [-0.2, -0.15) is 13.0 Å². The van der Waals surface area contributed by atoms with E-state index in [9.17, 15) is 17.8 Å². The molecule has 2 aromatic rings. The van der Waals surface area contributed by atoms with Gasteiger partial charge in [-0.25, -0.2) is 5.26 Å². The summed E-state index contributed by atoms with van der Waals surface area (Å²) in [6.07, 6.45) is 8.56. The van der Waals surface area contributed by atoms with Crippen molar-refractivity contribution in [2.75, 3.05) is 18.0 Å². The van der Waals surface area contributed by atoms with Crippen LogP contribution in [-0.2, 0) is 35.1 Å². The number of hydrogen-bond donors (Lipinski definition) is 3. The van der Waals surface area contributed by atoms with Crippen LogP contribution < -0.4 is 4.90 Å². The van der Waals surface area contributed by atoms with E-state index < -0.39 is 21.5 Å². The molecule has 3 N–H and O–H groups in total. The maximum Gasteiger partial charge on any atom is 0.303 e. The van der Waals surface area contributed by atoms with Crippen LogP contribution in [-0.4, -0.2) is 52.7 Å². The lowest BCUT2D eigenvalue weighted by Crippen LogP contribution is -2.28. The van der Waals surface area contributed by atoms with Gasteiger partial charge < -0.3 is 10.0 Å². The molecule has 0 fully saturated rings. The monoisotopic (exact) mass is 631 g/mol. The molecule has 0 unspecified atom stereocenters. The summed E-state index contributed by atoms with van der Waals surface area (Å²) in [6.45, 7) is 11.8. The highest BCUT2D eigenvalue weighted by Gasteiger charge is 2.45. The molecule has 0 saturated heterocycles. The van der Waals surface area contributed by atoms with E-state index in [0.29, 0.717) is 19.5 Å². The van der Waals surface area contributed by atoms with Crippen molar-refractivity contribution >= 4 is 45.2 Å². The van der Waals surface area contributed by atoms with Gasteiger partial charge in [-0.3, -0.25) is 9.35 Å². The molecule has 0 amide bonds. The van der Waals surface area contributed by atoms with Crippen molar-refractivity contribution in [3.63, 3.8) is 0 Å². The van der Waals surface area contributed by atoms with Crippen LogP contribution in [0.1, 0.15) is 71.4 Å². The molecule has 2 aliphatic rings. The van der Waals surface area contributed by atoms with E-state index in [1.54, 1.807) is 12.1 Å². The number of likely N-dealkylation sites (N-methyl/N-ethyl adjacent to an activating group) is 1. The highest BCUT2D eigenvalue weighted by molar-refractivity contribution is 7.94. The second-order valence-corrected chi connectivity index (χ2v) is 13.9. The van der Waals surface area contributed by atoms with Crippen molar-refractivity contribution in [3.8, 4) is 0 Å². The van der Waals surface area contributed by atoms with E-state index in [1.807, 2.05) is 45.0 Å². The normalized spacial score (nSPS) is 18.1. The summed E-state index contributed by atoms with van der Waals surface area (Å²) < 4.78 is 40.3. The van der Waals surface area contributed by atoms with Gasteiger partial charge in [0.1, 0.15) is 6.54 Å². The van der Waals surface area contributed by atoms with Crippen LogP contribution in [0.4, 0.5) is 11.4 Å². The fourth-order valence-corrected chi connectivity index (χ4v) is 7.02. The SMILES string of the molecule is CCN1/C(=C/C=C/C2=[N+](CCCCCC(=O)O)c3ccc(SOOO)cc3C2(C)C)C(C)(C)c2cc(S(=O)(=O)O)ccc21. The Hall–Kier alpha value is -3.00. The maximum atomic E-state index is 11.9. The Bertz CT molecular complexity index is 1590. The lowest BCUT2D eigenvalue weighted by atomic mass is 9.81. The van der Waals surface area contributed by atoms with Crippen LogP contribution in [0, 0.1) is 0 Å². The van der Waals surface area contributed by atoms with Crippen LogP contribution >= 0.6 is 12.0 Å². The molecule has 4 rings (SSSR count). The molecule has 2 heterocycles. The first kappa shape index (κ1) is 32.9. The van der Waals surface area contributed by atoms with Crippen LogP contribution in [0.25, 0.3) is 0 Å². The molecule has 0 spiro atoms. The molecule has 10 nitrogen and oxygen atoms in total. The van der Waals surface area contributed by atoms with Crippen LogP contribution in [0.5, 0.6) is 0 Å². The number of hydrogen-bond acceptors (Lipinski definition) is 8. The predicted molar refractivity (Wildman–Crippen MR) is 166 cm³/mol. The Labute approximate surface area is 257 Å². The van der Waals surface area contributed by atoms with Gasteiger partial charge in [0, 0.05) is 58.8 Å². The number of aliphatic carboxylic acids is 1. The minimum atomic E-state index is -4.33. The van der Waals surface area contributed by atoms with Crippen molar-refractivity contribution in [3.05, 3.63) is 71.5 Å². The molecule has 2 aliphatic heterocycles. The van der Waals surface area contributed by atoms with Crippen molar-refractivity contribution in [2.24, 2.45) is 0 Å². The molecule has 232 valence electrons. The van der Waals surface area contributed by atoms with Crippen LogP contribution in [0.2, 0.25) is 0 Å². The molecule has 0 atom stereocenters. The molecule has 0 saturated carbocycles. The predicted octanol–water partition coefficient (Wildman–Crippen LogP) is 6.64. The van der Waals surface area contributed by atoms with E-state index >= 15 is 0 Å². The summed E-state index contributed by atoms with van der Waals surface area (Å²) in [5, 5.41) is 21.4. The Morgan fingerprint density at radius 3 is 2.44 bits per heavy atom. The molecule has 0 aromatic heterocycles. The van der Waals surface area contributed by atoms with Crippen LogP contribution in [0.15, 0.2) is 70.1 Å². The highest BCUT2D eigenvalue weighted by atomic mass is 32.2. The fourth-order valence-electron chi connectivity index (χ4n) is 6.11. The third-order valence-electron chi connectivity index (χ3n) is 8.28. The van der Waals surface area contributed by atoms with Gasteiger partial charge in [-0.15, -0.1) is 4.33 Å². The number of nitrogens with zero attached hydrogens (tertiary/aromatic N) is 2. The molecule has 0 bridgehead atoms. The summed E-state index contributed by atoms with van der Waals surface area (Å²) >= 11 is 0.908. The average Bonchev–Trinajstić information content (AvgIpc) is 3.29. The summed E-state index contributed by atoms with van der Waals surface area (Å²) in [4.78, 5) is 13.8. The van der Waals surface area contributed by atoms with Gasteiger partial charge in [-0.1, -0.05) is 25.0 Å². The fraction of sp³-hybridized carbons (Fsp3) is 0.419. The number of anilines is 1. The van der Waals surface area contributed by atoms with Crippen molar-refractivity contribution < 1.29 is 42.1 Å². The first-order valence-electron chi connectivity index (χ1n) is 14.2. The second kappa shape index (κ2) is 12.9. The molecular weight excluding hydrogens is 592 g/mol. The molecule has 0 aliphatic carbocycles. The molecular formula is C31H39N2O8S2+. The largest absolute Gasteiger partial charge is 0.481 e. The maximum absolute atomic E-state index is 11.9. The van der Waals surface area contributed by atoms with Crippen molar-refractivity contribution in [2.45, 2.75) is 80.9 Å². The number of benzene rings is 2. The van der Waals surface area contributed by atoms with E-state index in [1.165, 1.54) is 6.07 Å². The number of carbonyl (C=O) groups is 1. The first-order valence-corrected chi connectivity index (χ1v) is 16.4. The van der Waals surface area contributed by atoms with E-state index in [0.717, 1.165) is 63.7 Å². The highest BCUT2D eigenvalue weighted by Crippen LogP contribution is 2.48. The van der Waals surface area contributed by atoms with Crippen LogP contribution in [0.3, 0.4) is 0 Å². The Morgan fingerprint density at radius 1 is 1.05 bits per heavy atom. The van der Waals surface area contributed by atoms with E-state index in [-0.39, 0.29) is 16.7 Å². The van der Waals surface area contributed by atoms with Crippen molar-refractivity contribution in [1.82, 2.24) is 0 Å². The first-order chi connectivity index (χ1) is 20.2. The minimum Gasteiger partial charge on any atom is -0.481 e. The quantitative estimate of drug-likeness (QED) is 0.0551. The number of carboxylic acid groups (broad SMARTS) is 1. The molecule has 2 aromatic carbocycles. The van der Waals surface area contributed by atoms with E-state index in [2.05, 4.69) is 44.8 Å². The smallest absolute Gasteiger partial charge is 0.303 e. The lowest BCUT2D eigenvalue weighted by molar-refractivity contribution is -0.438. The minimum absolute atomic E-state index is 0.124. The summed E-state index contributed by atoms with van der Waals surface area (Å²) in [7, 11) is -4.33. The zero-order valence-corrected chi connectivity index (χ0v) is 26.7. The topological polar surface area (TPSA) is 137 Å². The summed E-state index contributed by atoms with van der Waals surface area (Å²) in [5.41, 5.74) is 5.04. The number of rotatable bonds is 13. The summed E-state index contributed by atoms with van der Waals surface area (Å²) in [5.74, 6) is -0.790. The molecule has 12 heteroatoms. The van der Waals surface area contributed by atoms with Crippen molar-refractivity contribution in [1.29, 1.82) is 0 Å². The number of allylic oxidation sites excluding steroid dienone is 4. The zero-order valence-electron chi connectivity index (χ0n) is 25.0. The van der Waals surface area contributed by atoms with Gasteiger partial charge >= 0.3 is 5.97 Å². The molecule has 43 heavy (non-hydrogen) atoms. The average molecular weight is 632 g/mol. The Morgan fingerprint density at radius 2 is 1.79 bits per heavy atom. The number of carboxylic acids is 1. The second-order valence-electron chi connectivity index (χ2n) is 11.7. The standard InChI is InChI=1S/C31H38N2O8S2/c1-6-32-25-17-15-22(43(37,38)39)20-24(25)31(4,5)27(32)11-10-12-28-30(2,3)23-19-21(42-41-40-36)14-16-26(23)33(28)18-9-7-8-13-29(34)35/h10-12,14-17,19-20H,6-9,13,18H2,1-5H3,(H2-,34,35,36,37,38,39)/p+1. The lowest BCUT2D eigenvalue weighted by Gasteiger charge is -2.25. The Balaban J connectivity index is 1.71. The van der Waals surface area contributed by atoms with Gasteiger partial charge in [0.15, 0.2) is 5.71 Å². The number of unbranched alkanes of at least 4 members (excludes halogenated alkanes) is 2. The van der Waals surface area contributed by atoms with Gasteiger partial charge in [-0.05, 0) is 75.6 Å². The third kappa shape index (κ3) is 6.74. The number of fused-ring (bicyclic) bond motifs is 2. The van der Waals surface area contributed by atoms with Gasteiger partial charge in [0.2, 0.25) is 5.69 Å². The summed E-state index contributed by atoms with van der Waals surface area (Å²) in [6, 6.07) is 10.6. The van der Waals surface area contributed by atoms with Gasteiger partial charge in [0.25, 0.3) is 10.1 Å². The van der Waals surface area contributed by atoms with E-state index in [4.69, 9.17) is 10.4 Å². The van der Waals surface area contributed by atoms with Gasteiger partial charge in [0.05, 0.1) is 22.4 Å². The zero-order chi connectivity index (χ0) is 31.6.